The van der Waals surface area contributed by atoms with E-state index in [9.17, 15) is 19.5 Å². The van der Waals surface area contributed by atoms with Crippen LogP contribution in [0.2, 0.25) is 0 Å². The van der Waals surface area contributed by atoms with Crippen molar-refractivity contribution in [2.45, 2.75) is 155 Å². The van der Waals surface area contributed by atoms with Crippen LogP contribution < -0.4 is 0 Å². The van der Waals surface area contributed by atoms with E-state index in [2.05, 4.69) is 13.8 Å². The van der Waals surface area contributed by atoms with Gasteiger partial charge in [-0.05, 0) is 31.2 Å². The maximum absolute atomic E-state index is 13.3. The highest BCUT2D eigenvalue weighted by Gasteiger charge is 2.24. The topological polar surface area (TPSA) is 93.1 Å². The van der Waals surface area contributed by atoms with Crippen molar-refractivity contribution in [3.8, 4) is 0 Å². The molecule has 0 aliphatic rings. The molecule has 0 fully saturated rings. The zero-order chi connectivity index (χ0) is 31.4. The number of unbranched alkanes of at least 4 members (excludes halogenated alkanes) is 14. The minimum Gasteiger partial charge on any atom is -0.462 e. The van der Waals surface area contributed by atoms with Gasteiger partial charge in [-0.15, -0.1) is 0 Å². The molecule has 0 aliphatic carbocycles. The van der Waals surface area contributed by atoms with Gasteiger partial charge in [0.15, 0.2) is 0 Å². The number of benzene rings is 1. The summed E-state index contributed by atoms with van der Waals surface area (Å²) in [7, 11) is 0. The molecule has 0 aromatic heterocycles. The van der Waals surface area contributed by atoms with Gasteiger partial charge in [0.2, 0.25) is 5.91 Å². The van der Waals surface area contributed by atoms with Gasteiger partial charge in [-0.3, -0.25) is 14.4 Å². The van der Waals surface area contributed by atoms with Crippen molar-refractivity contribution < 1.29 is 29.0 Å². The Morgan fingerprint density at radius 2 is 1.28 bits per heavy atom. The van der Waals surface area contributed by atoms with E-state index in [0.29, 0.717) is 19.3 Å². The van der Waals surface area contributed by atoms with Gasteiger partial charge < -0.3 is 19.5 Å². The summed E-state index contributed by atoms with van der Waals surface area (Å²) in [6.45, 7) is 4.54. The third kappa shape index (κ3) is 21.9. The molecule has 0 aliphatic heterocycles. The van der Waals surface area contributed by atoms with Gasteiger partial charge in [-0.1, -0.05) is 134 Å². The summed E-state index contributed by atoms with van der Waals surface area (Å²) in [5.41, 5.74) is 0.873. The molecular formula is C36H61NO6. The molecule has 1 atom stereocenters. The lowest BCUT2D eigenvalue weighted by Gasteiger charge is -2.25. The first-order valence-electron chi connectivity index (χ1n) is 17.3. The summed E-state index contributed by atoms with van der Waals surface area (Å²) in [6.07, 6.45) is 19.5. The second-order valence-electron chi connectivity index (χ2n) is 11.8. The summed E-state index contributed by atoms with van der Waals surface area (Å²) in [5, 5.41) is 9.37. The molecule has 246 valence electrons. The van der Waals surface area contributed by atoms with Crippen LogP contribution in [-0.2, 0) is 30.5 Å². The Kier molecular flexibility index (Phi) is 24.4. The highest BCUT2D eigenvalue weighted by molar-refractivity contribution is 5.82. The highest BCUT2D eigenvalue weighted by Crippen LogP contribution is 2.17. The molecule has 0 saturated carbocycles. The monoisotopic (exact) mass is 603 g/mol. The van der Waals surface area contributed by atoms with Crippen molar-refractivity contribution in [1.29, 1.82) is 0 Å². The van der Waals surface area contributed by atoms with Crippen LogP contribution in [0, 0.1) is 0 Å². The fourth-order valence-corrected chi connectivity index (χ4v) is 5.17. The predicted octanol–water partition coefficient (Wildman–Crippen LogP) is 8.30. The van der Waals surface area contributed by atoms with Crippen molar-refractivity contribution in [3.05, 3.63) is 35.9 Å². The number of aliphatic hydroxyl groups is 1. The highest BCUT2D eigenvalue weighted by atomic mass is 16.5. The number of esters is 2. The molecule has 1 amide bonds. The molecule has 0 heterocycles. The Morgan fingerprint density at radius 1 is 0.721 bits per heavy atom. The van der Waals surface area contributed by atoms with E-state index >= 15 is 0 Å². The minimum atomic E-state index is -0.508. The normalized spacial score (nSPS) is 11.7. The largest absolute Gasteiger partial charge is 0.462 e. The van der Waals surface area contributed by atoms with Crippen LogP contribution in [0.5, 0.6) is 0 Å². The van der Waals surface area contributed by atoms with Gasteiger partial charge in [0.05, 0.1) is 6.42 Å². The molecule has 1 unspecified atom stereocenters. The number of carbonyl (C=O) groups excluding carboxylic acids is 3. The second kappa shape index (κ2) is 27.2. The molecule has 43 heavy (non-hydrogen) atoms. The summed E-state index contributed by atoms with van der Waals surface area (Å²) >= 11 is 0. The first-order valence-corrected chi connectivity index (χ1v) is 17.3. The molecule has 7 heteroatoms. The average Bonchev–Trinajstić information content (AvgIpc) is 3.01. The van der Waals surface area contributed by atoms with Gasteiger partial charge in [0.1, 0.15) is 19.3 Å². The number of nitrogens with zero attached hydrogens (tertiary/aromatic N) is 1. The van der Waals surface area contributed by atoms with Crippen LogP contribution in [0.1, 0.15) is 148 Å². The van der Waals surface area contributed by atoms with Gasteiger partial charge in [0, 0.05) is 19.6 Å². The second-order valence-corrected chi connectivity index (χ2v) is 11.8. The number of hydrogen-bond acceptors (Lipinski definition) is 6. The average molecular weight is 604 g/mol. The SMILES string of the molecule is CCCCCCCCCCCC(CC(=O)N(CCCO)CC(=O)OCc1ccccc1)OC(=O)CCCCCCCCC. The van der Waals surface area contributed by atoms with Crippen LogP contribution in [0.3, 0.4) is 0 Å². The summed E-state index contributed by atoms with van der Waals surface area (Å²) in [6, 6.07) is 9.40. The Labute approximate surface area is 262 Å². The molecule has 7 nitrogen and oxygen atoms in total. The first-order chi connectivity index (χ1) is 21.0. The Balaban J connectivity index is 2.63. The number of hydrogen-bond donors (Lipinski definition) is 1. The number of amides is 1. The predicted molar refractivity (Wildman–Crippen MR) is 173 cm³/mol. The van der Waals surface area contributed by atoms with E-state index in [1.165, 1.54) is 69.1 Å². The van der Waals surface area contributed by atoms with Crippen molar-refractivity contribution in [2.75, 3.05) is 19.7 Å². The van der Waals surface area contributed by atoms with Crippen molar-refractivity contribution in [1.82, 2.24) is 4.90 Å². The van der Waals surface area contributed by atoms with Crippen LogP contribution in [-0.4, -0.2) is 53.7 Å². The molecular weight excluding hydrogens is 542 g/mol. The number of ether oxygens (including phenoxy) is 2. The van der Waals surface area contributed by atoms with E-state index in [-0.39, 0.29) is 44.6 Å². The van der Waals surface area contributed by atoms with Crippen LogP contribution >= 0.6 is 0 Å². The third-order valence-corrected chi connectivity index (χ3v) is 7.82. The lowest BCUT2D eigenvalue weighted by molar-refractivity contribution is -0.155. The molecule has 0 radical (unpaired) electrons. The number of aliphatic hydroxyl groups excluding tert-OH is 1. The number of carbonyl (C=O) groups is 3. The van der Waals surface area contributed by atoms with Crippen LogP contribution in [0.25, 0.3) is 0 Å². The van der Waals surface area contributed by atoms with Gasteiger partial charge >= 0.3 is 11.9 Å². The Morgan fingerprint density at radius 3 is 1.86 bits per heavy atom. The Bertz CT molecular complexity index is 830. The molecule has 1 aromatic carbocycles. The quantitative estimate of drug-likeness (QED) is 0.0765. The minimum absolute atomic E-state index is 0.0389. The van der Waals surface area contributed by atoms with E-state index < -0.39 is 12.1 Å². The lowest BCUT2D eigenvalue weighted by Crippen LogP contribution is -2.39. The molecule has 1 N–H and O–H groups in total. The molecule has 0 bridgehead atoms. The standard InChI is InChI=1S/C36H61NO6/c1-3-5-7-9-11-12-14-15-20-25-33(43-35(40)26-21-16-13-10-8-6-4-2)29-34(39)37(27-22-28-38)30-36(41)42-31-32-23-18-17-19-24-32/h17-19,23-24,33,38H,3-16,20-22,25-31H2,1-2H3. The van der Waals surface area contributed by atoms with E-state index in [0.717, 1.165) is 44.1 Å². The van der Waals surface area contributed by atoms with Crippen molar-refractivity contribution in [3.63, 3.8) is 0 Å². The fourth-order valence-electron chi connectivity index (χ4n) is 5.17. The zero-order valence-corrected chi connectivity index (χ0v) is 27.4. The summed E-state index contributed by atoms with van der Waals surface area (Å²) < 4.78 is 11.2. The number of rotatable bonds is 28. The third-order valence-electron chi connectivity index (χ3n) is 7.82. The van der Waals surface area contributed by atoms with Crippen LogP contribution in [0.4, 0.5) is 0 Å². The molecule has 1 rings (SSSR count). The summed E-state index contributed by atoms with van der Waals surface area (Å²) in [4.78, 5) is 40.1. The molecule has 0 spiro atoms. The van der Waals surface area contributed by atoms with Gasteiger partial charge in [-0.25, -0.2) is 0 Å². The molecule has 0 saturated heterocycles. The van der Waals surface area contributed by atoms with Gasteiger partial charge in [-0.2, -0.15) is 0 Å². The van der Waals surface area contributed by atoms with E-state index in [4.69, 9.17) is 9.47 Å². The maximum Gasteiger partial charge on any atom is 0.325 e. The van der Waals surface area contributed by atoms with Gasteiger partial charge in [0.25, 0.3) is 0 Å². The van der Waals surface area contributed by atoms with Crippen LogP contribution in [0.15, 0.2) is 30.3 Å². The van der Waals surface area contributed by atoms with Crippen molar-refractivity contribution in [2.24, 2.45) is 0 Å². The zero-order valence-electron chi connectivity index (χ0n) is 27.4. The van der Waals surface area contributed by atoms with E-state index in [1.807, 2.05) is 30.3 Å². The summed E-state index contributed by atoms with van der Waals surface area (Å²) in [5.74, 6) is -0.997. The maximum atomic E-state index is 13.3. The fraction of sp³-hybridized carbons (Fsp3) is 0.750. The van der Waals surface area contributed by atoms with E-state index in [1.54, 1.807) is 0 Å². The molecule has 1 aromatic rings. The smallest absolute Gasteiger partial charge is 0.325 e. The van der Waals surface area contributed by atoms with Crippen molar-refractivity contribution >= 4 is 17.8 Å². The first kappa shape index (κ1) is 38.6. The lowest BCUT2D eigenvalue weighted by atomic mass is 10.0. The Hall–Kier alpha value is -2.41.